The van der Waals surface area contributed by atoms with Gasteiger partial charge in [-0.25, -0.2) is 0 Å². The topological polar surface area (TPSA) is 24.9 Å². The van der Waals surface area contributed by atoms with Crippen LogP contribution in [0.4, 0.5) is 0 Å². The molecule has 2 fully saturated rings. The third-order valence-corrected chi connectivity index (χ3v) is 5.30. The van der Waals surface area contributed by atoms with Gasteiger partial charge in [-0.05, 0) is 19.1 Å². The van der Waals surface area contributed by atoms with Crippen LogP contribution in [0.25, 0.3) is 0 Å². The summed E-state index contributed by atoms with van der Waals surface area (Å²) in [6.45, 7) is 14.0. The van der Waals surface area contributed by atoms with Crippen molar-refractivity contribution >= 4 is 11.3 Å². The number of rotatable bonds is 4. The Hall–Kier alpha value is -0.720. The van der Waals surface area contributed by atoms with Gasteiger partial charge in [-0.3, -0.25) is 9.80 Å². The number of morpholine rings is 1. The van der Waals surface area contributed by atoms with E-state index in [-0.39, 0.29) is 5.60 Å². The molecule has 22 heavy (non-hydrogen) atoms. The number of thiophene rings is 1. The van der Waals surface area contributed by atoms with Gasteiger partial charge in [-0.2, -0.15) is 0 Å². The highest BCUT2D eigenvalue weighted by atomic mass is 32.1. The summed E-state index contributed by atoms with van der Waals surface area (Å²) in [6, 6.07) is 4.45. The lowest BCUT2D eigenvalue weighted by molar-refractivity contribution is -0.142. The monoisotopic (exact) mass is 322 g/mol. The molecule has 4 nitrogen and oxygen atoms in total. The molecule has 0 saturated carbocycles. The van der Waals surface area contributed by atoms with Crippen LogP contribution >= 0.6 is 11.3 Å². The minimum absolute atomic E-state index is 0.190. The quantitative estimate of drug-likeness (QED) is 0.793. The van der Waals surface area contributed by atoms with Gasteiger partial charge in [0.05, 0.1) is 19.8 Å². The largest absolute Gasteiger partial charge is 0.377 e. The molecule has 122 valence electrons. The standard InChI is InChI=1S/C17H26N2O2S/c1-3-6-18-7-9-20-14-17(12-18)13-19(8-10-21-17)11-16-5-4-15(2)22-16/h3-5H,1,6-14H2,2H3/t17-/m0/s1. The minimum atomic E-state index is -0.190. The summed E-state index contributed by atoms with van der Waals surface area (Å²) in [5.41, 5.74) is -0.190. The second-order valence-corrected chi connectivity index (χ2v) is 7.70. The number of hydrogen-bond donors (Lipinski definition) is 0. The van der Waals surface area contributed by atoms with Crippen LogP contribution in [0, 0.1) is 6.92 Å². The van der Waals surface area contributed by atoms with Gasteiger partial charge < -0.3 is 9.47 Å². The lowest BCUT2D eigenvalue weighted by Gasteiger charge is -2.43. The average molecular weight is 322 g/mol. The van der Waals surface area contributed by atoms with Gasteiger partial charge in [0.15, 0.2) is 0 Å². The molecular weight excluding hydrogens is 296 g/mol. The van der Waals surface area contributed by atoms with E-state index in [1.165, 1.54) is 9.75 Å². The van der Waals surface area contributed by atoms with Gasteiger partial charge in [0.25, 0.3) is 0 Å². The van der Waals surface area contributed by atoms with E-state index in [1.54, 1.807) is 0 Å². The molecule has 0 aromatic carbocycles. The number of hydrogen-bond acceptors (Lipinski definition) is 5. The Morgan fingerprint density at radius 2 is 2.09 bits per heavy atom. The first-order valence-corrected chi connectivity index (χ1v) is 8.83. The summed E-state index contributed by atoms with van der Waals surface area (Å²) in [6.07, 6.45) is 1.97. The summed E-state index contributed by atoms with van der Waals surface area (Å²) >= 11 is 1.89. The van der Waals surface area contributed by atoms with Gasteiger partial charge in [-0.15, -0.1) is 17.9 Å². The molecule has 0 aliphatic carbocycles. The van der Waals surface area contributed by atoms with Crippen LogP contribution in [-0.2, 0) is 16.0 Å². The zero-order chi connectivity index (χ0) is 15.4. The van der Waals surface area contributed by atoms with E-state index in [0.29, 0.717) is 6.61 Å². The maximum absolute atomic E-state index is 6.20. The van der Waals surface area contributed by atoms with Crippen LogP contribution in [-0.4, -0.2) is 67.9 Å². The molecule has 0 bridgehead atoms. The van der Waals surface area contributed by atoms with Gasteiger partial charge in [0, 0.05) is 49.0 Å². The predicted octanol–water partition coefficient (Wildman–Crippen LogP) is 2.15. The maximum Gasteiger partial charge on any atom is 0.117 e. The second-order valence-electron chi connectivity index (χ2n) is 6.33. The summed E-state index contributed by atoms with van der Waals surface area (Å²) < 4.78 is 12.0. The SMILES string of the molecule is C=CCN1CCOC[C@]2(C1)CN(Cc1ccc(C)s1)CCO2. The number of ether oxygens (including phenoxy) is 2. The number of nitrogens with zero attached hydrogens (tertiary/aromatic N) is 2. The van der Waals surface area contributed by atoms with Gasteiger partial charge in [0.1, 0.15) is 5.60 Å². The highest BCUT2D eigenvalue weighted by Crippen LogP contribution is 2.25. The molecule has 5 heteroatoms. The highest BCUT2D eigenvalue weighted by Gasteiger charge is 2.40. The van der Waals surface area contributed by atoms with Crippen molar-refractivity contribution in [1.29, 1.82) is 0 Å². The zero-order valence-corrected chi connectivity index (χ0v) is 14.2. The molecule has 0 radical (unpaired) electrons. The first kappa shape index (κ1) is 16.1. The van der Waals surface area contributed by atoms with Crippen molar-refractivity contribution in [1.82, 2.24) is 9.80 Å². The van der Waals surface area contributed by atoms with E-state index in [0.717, 1.165) is 52.5 Å². The molecule has 3 heterocycles. The van der Waals surface area contributed by atoms with E-state index in [2.05, 4.69) is 35.4 Å². The van der Waals surface area contributed by atoms with Crippen molar-refractivity contribution in [2.24, 2.45) is 0 Å². The smallest absolute Gasteiger partial charge is 0.117 e. The normalized spacial score (nSPS) is 27.9. The summed E-state index contributed by atoms with van der Waals surface area (Å²) in [7, 11) is 0. The van der Waals surface area contributed by atoms with Gasteiger partial charge in [0.2, 0.25) is 0 Å². The van der Waals surface area contributed by atoms with E-state index in [1.807, 2.05) is 17.4 Å². The van der Waals surface area contributed by atoms with Crippen LogP contribution in [0.5, 0.6) is 0 Å². The van der Waals surface area contributed by atoms with E-state index < -0.39 is 0 Å². The van der Waals surface area contributed by atoms with E-state index in [9.17, 15) is 0 Å². The Labute approximate surface area is 137 Å². The lowest BCUT2D eigenvalue weighted by Crippen LogP contribution is -2.58. The fourth-order valence-corrected chi connectivity index (χ4v) is 4.29. The third-order valence-electron chi connectivity index (χ3n) is 4.32. The van der Waals surface area contributed by atoms with Crippen molar-refractivity contribution in [2.75, 3.05) is 52.5 Å². The molecule has 1 atom stereocenters. The Bertz CT molecular complexity index is 505. The summed E-state index contributed by atoms with van der Waals surface area (Å²) in [5, 5.41) is 0. The van der Waals surface area contributed by atoms with Crippen LogP contribution < -0.4 is 0 Å². The van der Waals surface area contributed by atoms with Crippen LogP contribution in [0.15, 0.2) is 24.8 Å². The van der Waals surface area contributed by atoms with E-state index >= 15 is 0 Å². The summed E-state index contributed by atoms with van der Waals surface area (Å²) in [5.74, 6) is 0. The average Bonchev–Trinajstić information content (AvgIpc) is 2.79. The molecule has 2 aliphatic heterocycles. The highest BCUT2D eigenvalue weighted by molar-refractivity contribution is 7.11. The maximum atomic E-state index is 6.20. The first-order valence-electron chi connectivity index (χ1n) is 8.02. The molecule has 3 rings (SSSR count). The fourth-order valence-electron chi connectivity index (χ4n) is 3.35. The van der Waals surface area contributed by atoms with Gasteiger partial charge in [-0.1, -0.05) is 6.08 Å². The Kier molecular flexibility index (Phi) is 5.31. The molecule has 2 saturated heterocycles. The third kappa shape index (κ3) is 3.97. The van der Waals surface area contributed by atoms with Crippen LogP contribution in [0.1, 0.15) is 9.75 Å². The van der Waals surface area contributed by atoms with E-state index in [4.69, 9.17) is 9.47 Å². The van der Waals surface area contributed by atoms with Crippen LogP contribution in [0.2, 0.25) is 0 Å². The Morgan fingerprint density at radius 1 is 1.27 bits per heavy atom. The minimum Gasteiger partial charge on any atom is -0.377 e. The molecule has 1 aromatic heterocycles. The molecular formula is C17H26N2O2S. The van der Waals surface area contributed by atoms with Crippen LogP contribution in [0.3, 0.4) is 0 Å². The summed E-state index contributed by atoms with van der Waals surface area (Å²) in [4.78, 5) is 7.72. The van der Waals surface area contributed by atoms with Gasteiger partial charge >= 0.3 is 0 Å². The van der Waals surface area contributed by atoms with Crippen molar-refractivity contribution in [3.05, 3.63) is 34.5 Å². The molecule has 0 unspecified atom stereocenters. The lowest BCUT2D eigenvalue weighted by atomic mass is 10.0. The molecule has 2 aliphatic rings. The van der Waals surface area contributed by atoms with Crippen molar-refractivity contribution in [3.63, 3.8) is 0 Å². The van der Waals surface area contributed by atoms with Crippen molar-refractivity contribution < 1.29 is 9.47 Å². The molecule has 0 amide bonds. The molecule has 1 aromatic rings. The molecule has 0 N–H and O–H groups in total. The zero-order valence-electron chi connectivity index (χ0n) is 13.4. The Balaban J connectivity index is 1.66. The molecule has 1 spiro atoms. The second kappa shape index (κ2) is 7.23. The van der Waals surface area contributed by atoms with Crippen molar-refractivity contribution in [3.8, 4) is 0 Å². The van der Waals surface area contributed by atoms with Crippen molar-refractivity contribution in [2.45, 2.75) is 19.1 Å². The number of aryl methyl sites for hydroxylation is 1. The Morgan fingerprint density at radius 3 is 2.86 bits per heavy atom. The fraction of sp³-hybridized carbons (Fsp3) is 0.647. The first-order chi connectivity index (χ1) is 10.7. The predicted molar refractivity (Wildman–Crippen MR) is 90.5 cm³/mol.